The fourth-order valence-electron chi connectivity index (χ4n) is 2.54. The van der Waals surface area contributed by atoms with Gasteiger partial charge in [-0.05, 0) is 42.8 Å². The molecule has 0 unspecified atom stereocenters. The summed E-state index contributed by atoms with van der Waals surface area (Å²) in [5, 5.41) is 20.3. The van der Waals surface area contributed by atoms with Gasteiger partial charge in [0.1, 0.15) is 11.9 Å². The zero-order valence-electron chi connectivity index (χ0n) is 16.1. The number of alkyl carbamates (subject to hydrolysis) is 1. The third-order valence-electron chi connectivity index (χ3n) is 3.91. The number of hydroxylamine groups is 1. The number of benzene rings is 2. The van der Waals surface area contributed by atoms with E-state index in [0.29, 0.717) is 5.56 Å². The maximum Gasteiger partial charge on any atom is 0.414 e. The standard InChI is InChI=1S/C21H22N2O7/c1-2-29-17(12-13-18(25)23-28)19(14-8-10-16(24)11-9-14)30-21(27)22-20(26)15-6-4-3-5-7-15/h3-13,17,19,24,28H,2H2,1H3,(H,23,25)(H,22,26,27)/b13-12+/t17-,19-/m0/s1. The van der Waals surface area contributed by atoms with Crippen molar-refractivity contribution in [3.8, 4) is 5.75 Å². The molecule has 9 heteroatoms. The molecule has 2 aromatic carbocycles. The molecule has 0 saturated carbocycles. The van der Waals surface area contributed by atoms with Gasteiger partial charge in [0.15, 0.2) is 6.10 Å². The summed E-state index contributed by atoms with van der Waals surface area (Å²) in [5.41, 5.74) is 2.18. The minimum atomic E-state index is -1.06. The Morgan fingerprint density at radius 3 is 2.33 bits per heavy atom. The van der Waals surface area contributed by atoms with E-state index in [1.807, 2.05) is 0 Å². The second kappa shape index (κ2) is 11.3. The smallest absolute Gasteiger partial charge is 0.414 e. The molecule has 0 saturated heterocycles. The minimum Gasteiger partial charge on any atom is -0.508 e. The summed E-state index contributed by atoms with van der Waals surface area (Å²) in [6, 6.07) is 13.9. The molecule has 3 amide bonds. The quantitative estimate of drug-likeness (QED) is 0.296. The van der Waals surface area contributed by atoms with Crippen LogP contribution in [0.4, 0.5) is 4.79 Å². The molecule has 0 aliphatic rings. The number of carbonyl (C=O) groups excluding carboxylic acids is 3. The molecule has 2 aromatic rings. The number of rotatable bonds is 8. The van der Waals surface area contributed by atoms with Gasteiger partial charge >= 0.3 is 6.09 Å². The van der Waals surface area contributed by atoms with Gasteiger partial charge in [0, 0.05) is 18.2 Å². The van der Waals surface area contributed by atoms with E-state index in [4.69, 9.17) is 14.7 Å². The maximum atomic E-state index is 12.4. The second-order valence-corrected chi connectivity index (χ2v) is 5.99. The lowest BCUT2D eigenvalue weighted by Crippen LogP contribution is -2.35. The first-order valence-electron chi connectivity index (χ1n) is 9.04. The molecule has 0 spiro atoms. The summed E-state index contributed by atoms with van der Waals surface area (Å²) in [6.07, 6.45) is -0.679. The molecule has 0 bridgehead atoms. The van der Waals surface area contributed by atoms with Crippen molar-refractivity contribution in [2.75, 3.05) is 6.61 Å². The number of phenolic OH excluding ortho intramolecular Hbond substituents is 1. The monoisotopic (exact) mass is 414 g/mol. The van der Waals surface area contributed by atoms with Crippen LogP contribution in [-0.2, 0) is 14.3 Å². The highest BCUT2D eigenvalue weighted by Crippen LogP contribution is 2.26. The fraction of sp³-hybridized carbons (Fsp3) is 0.190. The molecular formula is C21H22N2O7. The van der Waals surface area contributed by atoms with E-state index in [0.717, 1.165) is 6.08 Å². The predicted octanol–water partition coefficient (Wildman–Crippen LogP) is 2.47. The van der Waals surface area contributed by atoms with Crippen LogP contribution in [0, 0.1) is 0 Å². The Bertz CT molecular complexity index is 882. The number of nitrogens with one attached hydrogen (secondary N) is 2. The number of hydrogen-bond acceptors (Lipinski definition) is 7. The average Bonchev–Trinajstić information content (AvgIpc) is 2.76. The van der Waals surface area contributed by atoms with Crippen LogP contribution in [0.15, 0.2) is 66.7 Å². The summed E-state index contributed by atoms with van der Waals surface area (Å²) < 4.78 is 11.0. The van der Waals surface area contributed by atoms with E-state index in [1.54, 1.807) is 37.3 Å². The van der Waals surface area contributed by atoms with E-state index in [9.17, 15) is 19.5 Å². The van der Waals surface area contributed by atoms with Crippen molar-refractivity contribution >= 4 is 17.9 Å². The number of carbonyl (C=O) groups is 3. The molecule has 2 atom stereocenters. The molecule has 9 nitrogen and oxygen atoms in total. The first-order chi connectivity index (χ1) is 14.4. The number of ether oxygens (including phenoxy) is 2. The predicted molar refractivity (Wildman–Crippen MR) is 106 cm³/mol. The van der Waals surface area contributed by atoms with Crippen LogP contribution in [0.3, 0.4) is 0 Å². The zero-order chi connectivity index (χ0) is 21.9. The zero-order valence-corrected chi connectivity index (χ0v) is 16.1. The van der Waals surface area contributed by atoms with E-state index >= 15 is 0 Å². The van der Waals surface area contributed by atoms with Gasteiger partial charge in [0.05, 0.1) is 0 Å². The van der Waals surface area contributed by atoms with Crippen LogP contribution in [0.5, 0.6) is 5.75 Å². The van der Waals surface area contributed by atoms with Crippen LogP contribution in [0.1, 0.15) is 28.9 Å². The van der Waals surface area contributed by atoms with Crippen LogP contribution < -0.4 is 10.8 Å². The summed E-state index contributed by atoms with van der Waals surface area (Å²) >= 11 is 0. The van der Waals surface area contributed by atoms with E-state index in [1.165, 1.54) is 35.8 Å². The molecule has 0 aromatic heterocycles. The van der Waals surface area contributed by atoms with E-state index < -0.39 is 30.1 Å². The Hall–Kier alpha value is -3.69. The van der Waals surface area contributed by atoms with Crippen LogP contribution in [-0.4, -0.2) is 40.9 Å². The number of hydrogen-bond donors (Lipinski definition) is 4. The van der Waals surface area contributed by atoms with Crippen molar-refractivity contribution in [3.05, 3.63) is 77.9 Å². The normalized spacial score (nSPS) is 12.7. The van der Waals surface area contributed by atoms with Gasteiger partial charge in [-0.3, -0.25) is 20.1 Å². The van der Waals surface area contributed by atoms with Crippen molar-refractivity contribution in [2.24, 2.45) is 0 Å². The average molecular weight is 414 g/mol. The molecule has 2 rings (SSSR count). The number of aromatic hydroxyl groups is 1. The van der Waals surface area contributed by atoms with Crippen molar-refractivity contribution < 1.29 is 34.2 Å². The van der Waals surface area contributed by atoms with Crippen LogP contribution in [0.2, 0.25) is 0 Å². The Morgan fingerprint density at radius 2 is 1.73 bits per heavy atom. The molecule has 0 fully saturated rings. The van der Waals surface area contributed by atoms with Gasteiger partial charge in [-0.2, -0.15) is 0 Å². The summed E-state index contributed by atoms with van der Waals surface area (Å²) in [6.45, 7) is 1.93. The molecule has 0 heterocycles. The number of amides is 3. The maximum absolute atomic E-state index is 12.4. The third kappa shape index (κ3) is 6.73. The van der Waals surface area contributed by atoms with Gasteiger partial charge < -0.3 is 14.6 Å². The molecule has 0 aliphatic heterocycles. The van der Waals surface area contributed by atoms with Gasteiger partial charge in [-0.25, -0.2) is 10.3 Å². The first kappa shape index (κ1) is 22.6. The van der Waals surface area contributed by atoms with E-state index in [-0.39, 0.29) is 17.9 Å². The largest absolute Gasteiger partial charge is 0.508 e. The molecule has 158 valence electrons. The van der Waals surface area contributed by atoms with Crippen molar-refractivity contribution in [2.45, 2.75) is 19.1 Å². The minimum absolute atomic E-state index is 0.00404. The van der Waals surface area contributed by atoms with Gasteiger partial charge in [0.2, 0.25) is 0 Å². The molecule has 4 N–H and O–H groups in total. The molecular weight excluding hydrogens is 392 g/mol. The highest BCUT2D eigenvalue weighted by molar-refractivity contribution is 6.02. The van der Waals surface area contributed by atoms with Gasteiger partial charge in [0.25, 0.3) is 11.8 Å². The second-order valence-electron chi connectivity index (χ2n) is 5.99. The summed E-state index contributed by atoms with van der Waals surface area (Å²) in [4.78, 5) is 35.9. The molecule has 0 radical (unpaired) electrons. The Morgan fingerprint density at radius 1 is 1.07 bits per heavy atom. The van der Waals surface area contributed by atoms with Crippen molar-refractivity contribution in [1.29, 1.82) is 0 Å². The Kier molecular flexibility index (Phi) is 8.55. The summed E-state index contributed by atoms with van der Waals surface area (Å²) in [7, 11) is 0. The van der Waals surface area contributed by atoms with Crippen LogP contribution in [0.25, 0.3) is 0 Å². The lowest BCUT2D eigenvalue weighted by Gasteiger charge is -2.25. The van der Waals surface area contributed by atoms with Gasteiger partial charge in [-0.15, -0.1) is 0 Å². The number of phenols is 1. The first-order valence-corrected chi connectivity index (χ1v) is 9.04. The molecule has 30 heavy (non-hydrogen) atoms. The highest BCUT2D eigenvalue weighted by Gasteiger charge is 2.27. The Balaban J connectivity index is 2.24. The highest BCUT2D eigenvalue weighted by atomic mass is 16.6. The van der Waals surface area contributed by atoms with E-state index in [2.05, 4.69) is 5.32 Å². The van der Waals surface area contributed by atoms with Crippen LogP contribution >= 0.6 is 0 Å². The lowest BCUT2D eigenvalue weighted by molar-refractivity contribution is -0.124. The summed E-state index contributed by atoms with van der Waals surface area (Å²) in [5.74, 6) is -1.44. The molecule has 0 aliphatic carbocycles. The topological polar surface area (TPSA) is 134 Å². The van der Waals surface area contributed by atoms with Crippen molar-refractivity contribution in [3.63, 3.8) is 0 Å². The third-order valence-corrected chi connectivity index (χ3v) is 3.91. The Labute approximate surface area is 172 Å². The fourth-order valence-corrected chi connectivity index (χ4v) is 2.54. The lowest BCUT2D eigenvalue weighted by atomic mass is 10.0. The SMILES string of the molecule is CCO[C@@H](/C=C/C(=O)NO)[C@@H](OC(=O)NC(=O)c1ccccc1)c1ccc(O)cc1. The number of imide groups is 1. The van der Waals surface area contributed by atoms with Crippen molar-refractivity contribution in [1.82, 2.24) is 10.8 Å². The van der Waals surface area contributed by atoms with Gasteiger partial charge in [-0.1, -0.05) is 30.3 Å².